The van der Waals surface area contributed by atoms with Crippen molar-refractivity contribution >= 4 is 6.21 Å². The molecule has 2 rings (SSSR count). The first kappa shape index (κ1) is 8.23. The Morgan fingerprint density at radius 3 is 3.00 bits per heavy atom. The summed E-state index contributed by atoms with van der Waals surface area (Å²) < 4.78 is 12.6. The van der Waals surface area contributed by atoms with Crippen molar-refractivity contribution in [3.8, 4) is 0 Å². The van der Waals surface area contributed by atoms with Gasteiger partial charge in [0.15, 0.2) is 0 Å². The van der Waals surface area contributed by atoms with Gasteiger partial charge in [-0.25, -0.2) is 4.39 Å². The molecule has 0 aromatic heterocycles. The van der Waals surface area contributed by atoms with E-state index in [0.717, 1.165) is 12.8 Å². The number of halogens is 1. The summed E-state index contributed by atoms with van der Waals surface area (Å²) in [5.41, 5.74) is 0.598. The van der Waals surface area contributed by atoms with Gasteiger partial charge in [-0.1, -0.05) is 17.3 Å². The van der Waals surface area contributed by atoms with E-state index in [9.17, 15) is 4.39 Å². The third-order valence-corrected chi connectivity index (χ3v) is 1.73. The van der Waals surface area contributed by atoms with Gasteiger partial charge in [0, 0.05) is 5.56 Å². The summed E-state index contributed by atoms with van der Waals surface area (Å²) in [6.45, 7) is 0. The van der Waals surface area contributed by atoms with Crippen molar-refractivity contribution in [1.29, 1.82) is 0 Å². The molecular weight excluding hydrogens is 169 g/mol. The molecule has 0 saturated heterocycles. The molecular formula is C10H9FNO. The fourth-order valence-electron chi connectivity index (χ4n) is 0.885. The SMILES string of the molecule is Fc1cccc(/[C]=N/OC2CC2)c1. The summed E-state index contributed by atoms with van der Waals surface area (Å²) in [6, 6.07) is 6.08. The normalized spacial score (nSPS) is 16.4. The summed E-state index contributed by atoms with van der Waals surface area (Å²) in [6.07, 6.45) is 5.01. The number of hydrogen-bond acceptors (Lipinski definition) is 2. The molecule has 0 amide bonds. The fraction of sp³-hybridized carbons (Fsp3) is 0.300. The Morgan fingerprint density at radius 2 is 2.31 bits per heavy atom. The first-order valence-corrected chi connectivity index (χ1v) is 4.22. The Kier molecular flexibility index (Phi) is 2.25. The minimum absolute atomic E-state index is 0.265. The van der Waals surface area contributed by atoms with Crippen LogP contribution in [0.3, 0.4) is 0 Å². The second-order valence-electron chi connectivity index (χ2n) is 3.02. The minimum atomic E-state index is -0.286. The van der Waals surface area contributed by atoms with Gasteiger partial charge in [-0.15, -0.1) is 0 Å². The lowest BCUT2D eigenvalue weighted by Crippen LogP contribution is -1.87. The first-order valence-electron chi connectivity index (χ1n) is 4.22. The molecule has 1 fully saturated rings. The maximum atomic E-state index is 12.6. The molecule has 0 bridgehead atoms. The number of rotatable bonds is 3. The highest BCUT2D eigenvalue weighted by Crippen LogP contribution is 2.23. The third kappa shape index (κ3) is 2.54. The Bertz CT molecular complexity index is 320. The average Bonchev–Trinajstić information content (AvgIpc) is 2.88. The van der Waals surface area contributed by atoms with Gasteiger partial charge in [-0.05, 0) is 25.0 Å². The summed E-state index contributed by atoms with van der Waals surface area (Å²) in [5, 5.41) is 3.63. The lowest BCUT2D eigenvalue weighted by atomic mass is 10.2. The predicted octanol–water partition coefficient (Wildman–Crippen LogP) is 2.22. The first-order chi connectivity index (χ1) is 6.34. The van der Waals surface area contributed by atoms with Crippen LogP contribution in [0.2, 0.25) is 0 Å². The van der Waals surface area contributed by atoms with Crippen molar-refractivity contribution in [2.45, 2.75) is 18.9 Å². The second kappa shape index (κ2) is 3.56. The van der Waals surface area contributed by atoms with Crippen LogP contribution in [0.5, 0.6) is 0 Å². The molecule has 1 saturated carbocycles. The van der Waals surface area contributed by atoms with E-state index >= 15 is 0 Å². The number of nitrogens with zero attached hydrogens (tertiary/aromatic N) is 1. The molecule has 3 heteroatoms. The van der Waals surface area contributed by atoms with E-state index in [2.05, 4.69) is 11.4 Å². The van der Waals surface area contributed by atoms with Crippen LogP contribution in [-0.4, -0.2) is 12.3 Å². The van der Waals surface area contributed by atoms with Crippen LogP contribution in [0.15, 0.2) is 29.4 Å². The van der Waals surface area contributed by atoms with Crippen molar-refractivity contribution in [3.05, 3.63) is 35.6 Å². The molecule has 1 aliphatic rings. The fourth-order valence-corrected chi connectivity index (χ4v) is 0.885. The Morgan fingerprint density at radius 1 is 1.46 bits per heavy atom. The molecule has 1 aliphatic carbocycles. The quantitative estimate of drug-likeness (QED) is 0.513. The van der Waals surface area contributed by atoms with Crippen LogP contribution in [0.25, 0.3) is 0 Å². The van der Waals surface area contributed by atoms with Gasteiger partial charge in [0.2, 0.25) is 0 Å². The molecule has 0 aliphatic heterocycles. The topological polar surface area (TPSA) is 21.6 Å². The number of benzene rings is 1. The molecule has 1 radical (unpaired) electrons. The van der Waals surface area contributed by atoms with Crippen LogP contribution in [-0.2, 0) is 4.84 Å². The van der Waals surface area contributed by atoms with Crippen LogP contribution in [0, 0.1) is 5.82 Å². The Labute approximate surface area is 76.0 Å². The minimum Gasteiger partial charge on any atom is -0.392 e. The summed E-state index contributed by atoms with van der Waals surface area (Å²) in [5.74, 6) is -0.286. The standard InChI is InChI=1S/C10H9FNO/c11-9-3-1-2-8(6-9)7-12-13-10-4-5-10/h1-3,6,10H,4-5H2. The van der Waals surface area contributed by atoms with Crippen molar-refractivity contribution in [1.82, 2.24) is 0 Å². The van der Waals surface area contributed by atoms with E-state index in [1.807, 2.05) is 0 Å². The maximum Gasteiger partial charge on any atom is 0.139 e. The monoisotopic (exact) mass is 178 g/mol. The van der Waals surface area contributed by atoms with E-state index in [1.54, 1.807) is 12.1 Å². The molecule has 1 aromatic rings. The van der Waals surface area contributed by atoms with E-state index in [0.29, 0.717) is 5.56 Å². The average molecular weight is 178 g/mol. The van der Waals surface area contributed by atoms with E-state index in [4.69, 9.17) is 4.84 Å². The van der Waals surface area contributed by atoms with E-state index in [-0.39, 0.29) is 11.9 Å². The highest BCUT2D eigenvalue weighted by Gasteiger charge is 2.23. The van der Waals surface area contributed by atoms with Gasteiger partial charge in [0.25, 0.3) is 0 Å². The molecule has 0 unspecified atom stereocenters. The van der Waals surface area contributed by atoms with Crippen molar-refractivity contribution in [2.24, 2.45) is 5.16 Å². The van der Waals surface area contributed by atoms with Gasteiger partial charge in [-0.2, -0.15) is 0 Å². The Hall–Kier alpha value is -1.38. The maximum absolute atomic E-state index is 12.6. The molecule has 67 valence electrons. The third-order valence-electron chi connectivity index (χ3n) is 1.73. The largest absolute Gasteiger partial charge is 0.392 e. The second-order valence-corrected chi connectivity index (χ2v) is 3.02. The van der Waals surface area contributed by atoms with Gasteiger partial charge in [-0.3, -0.25) is 0 Å². The van der Waals surface area contributed by atoms with Crippen LogP contribution < -0.4 is 0 Å². The van der Waals surface area contributed by atoms with Crippen molar-refractivity contribution in [3.63, 3.8) is 0 Å². The molecule has 0 heterocycles. The van der Waals surface area contributed by atoms with Gasteiger partial charge < -0.3 is 4.84 Å². The van der Waals surface area contributed by atoms with E-state index < -0.39 is 0 Å². The van der Waals surface area contributed by atoms with Gasteiger partial charge in [0.1, 0.15) is 18.1 Å². The lowest BCUT2D eigenvalue weighted by Gasteiger charge is -1.93. The Balaban J connectivity index is 1.95. The smallest absolute Gasteiger partial charge is 0.139 e. The zero-order chi connectivity index (χ0) is 9.10. The van der Waals surface area contributed by atoms with Gasteiger partial charge in [0.05, 0.1) is 0 Å². The zero-order valence-corrected chi connectivity index (χ0v) is 7.03. The zero-order valence-electron chi connectivity index (χ0n) is 7.03. The van der Waals surface area contributed by atoms with E-state index in [1.165, 1.54) is 12.1 Å². The highest BCUT2D eigenvalue weighted by molar-refractivity contribution is 5.78. The predicted molar refractivity (Wildman–Crippen MR) is 47.0 cm³/mol. The van der Waals surface area contributed by atoms with Crippen molar-refractivity contribution in [2.75, 3.05) is 0 Å². The molecule has 0 N–H and O–H groups in total. The van der Waals surface area contributed by atoms with Gasteiger partial charge >= 0.3 is 0 Å². The van der Waals surface area contributed by atoms with Crippen LogP contribution in [0.1, 0.15) is 18.4 Å². The van der Waals surface area contributed by atoms with Crippen molar-refractivity contribution < 1.29 is 9.23 Å². The highest BCUT2D eigenvalue weighted by atomic mass is 19.1. The molecule has 2 nitrogen and oxygen atoms in total. The molecule has 0 spiro atoms. The summed E-state index contributed by atoms with van der Waals surface area (Å²) >= 11 is 0. The lowest BCUT2D eigenvalue weighted by molar-refractivity contribution is 0.131. The molecule has 0 atom stereocenters. The summed E-state index contributed by atoms with van der Waals surface area (Å²) in [7, 11) is 0. The molecule has 13 heavy (non-hydrogen) atoms. The molecule has 1 aromatic carbocycles. The number of hydrogen-bond donors (Lipinski definition) is 0. The van der Waals surface area contributed by atoms with Crippen LogP contribution >= 0.6 is 0 Å². The summed E-state index contributed by atoms with van der Waals surface area (Å²) in [4.78, 5) is 4.99. The van der Waals surface area contributed by atoms with Crippen LogP contribution in [0.4, 0.5) is 4.39 Å².